The second-order valence-electron chi connectivity index (χ2n) is 8.11. The molecule has 2 bridgehead atoms. The molecule has 0 saturated carbocycles. The molecule has 3 heterocycles. The smallest absolute Gasteiger partial charge is 0.269 e. The van der Waals surface area contributed by atoms with Crippen molar-refractivity contribution in [2.75, 3.05) is 30.4 Å². The van der Waals surface area contributed by atoms with Crippen molar-refractivity contribution in [1.29, 1.82) is 0 Å². The van der Waals surface area contributed by atoms with E-state index in [9.17, 15) is 18.5 Å². The van der Waals surface area contributed by atoms with Crippen LogP contribution in [-0.2, 0) is 21.3 Å². The lowest BCUT2D eigenvalue weighted by Gasteiger charge is -2.28. The maximum Gasteiger partial charge on any atom is 0.269 e. The largest absolute Gasteiger partial charge is 0.368 e. The van der Waals surface area contributed by atoms with Crippen molar-refractivity contribution in [1.82, 2.24) is 14.3 Å². The van der Waals surface area contributed by atoms with Crippen molar-refractivity contribution in [3.63, 3.8) is 0 Å². The van der Waals surface area contributed by atoms with Crippen LogP contribution in [-0.4, -0.2) is 53.9 Å². The molecule has 1 saturated heterocycles. The predicted molar refractivity (Wildman–Crippen MR) is 124 cm³/mol. The molecule has 0 unspecified atom stereocenters. The Morgan fingerprint density at radius 3 is 2.62 bits per heavy atom. The topological polar surface area (TPSA) is 131 Å². The first-order chi connectivity index (χ1) is 16.4. The van der Waals surface area contributed by atoms with Gasteiger partial charge in [0.05, 0.1) is 28.0 Å². The van der Waals surface area contributed by atoms with Crippen LogP contribution >= 0.6 is 0 Å². The summed E-state index contributed by atoms with van der Waals surface area (Å²) in [5.74, 6) is 1.07. The Morgan fingerprint density at radius 2 is 1.91 bits per heavy atom. The highest BCUT2D eigenvalue weighted by Gasteiger charge is 2.48. The van der Waals surface area contributed by atoms with E-state index >= 15 is 0 Å². The third-order valence-corrected chi connectivity index (χ3v) is 7.81. The molecule has 1 aromatic heterocycles. The summed E-state index contributed by atoms with van der Waals surface area (Å²) in [6.45, 7) is 1.05. The Kier molecular flexibility index (Phi) is 5.63. The maximum absolute atomic E-state index is 13.7. The van der Waals surface area contributed by atoms with Crippen molar-refractivity contribution in [2.45, 2.75) is 23.7 Å². The zero-order valence-corrected chi connectivity index (χ0v) is 19.1. The molecule has 0 spiro atoms. The molecular formula is C22H22N6O5S. The summed E-state index contributed by atoms with van der Waals surface area (Å²) in [6, 6.07) is 14.2. The van der Waals surface area contributed by atoms with Crippen LogP contribution in [0.3, 0.4) is 0 Å². The van der Waals surface area contributed by atoms with Gasteiger partial charge in [0, 0.05) is 32.3 Å². The molecule has 3 aromatic rings. The summed E-state index contributed by atoms with van der Waals surface area (Å²) >= 11 is 0. The lowest BCUT2D eigenvalue weighted by molar-refractivity contribution is -0.384. The molecule has 11 nitrogen and oxygen atoms in total. The Labute approximate surface area is 196 Å². The van der Waals surface area contributed by atoms with Gasteiger partial charge in [0.2, 0.25) is 10.0 Å². The van der Waals surface area contributed by atoms with Gasteiger partial charge in [-0.2, -0.15) is 4.31 Å². The number of fused-ring (bicyclic) bond motifs is 4. The number of hydrogen-bond donors (Lipinski definition) is 1. The third kappa shape index (κ3) is 3.85. The van der Waals surface area contributed by atoms with Gasteiger partial charge in [0.15, 0.2) is 6.23 Å². The Balaban J connectivity index is 1.54. The molecular weight excluding hydrogens is 460 g/mol. The van der Waals surface area contributed by atoms with Crippen LogP contribution in [0.2, 0.25) is 0 Å². The zero-order valence-electron chi connectivity index (χ0n) is 18.2. The molecule has 1 fully saturated rings. The standard InChI is InChI=1S/C22H22N6O5S/c1-26(12-15-5-3-2-4-6-15)21-19-20(24-14-25-21)23-11-17-13-33-22(19)27(17)34(31,32)18-9-7-16(8-10-18)28(29)30/h2-10,14,17,22H,11-13H2,1H3,(H,23,24,25)/t17-,22-/m0/s1. The Bertz CT molecular complexity index is 1320. The minimum atomic E-state index is -4.04. The molecule has 5 rings (SSSR count). The summed E-state index contributed by atoms with van der Waals surface area (Å²) in [5, 5.41) is 14.2. The molecule has 34 heavy (non-hydrogen) atoms. The maximum atomic E-state index is 13.7. The summed E-state index contributed by atoms with van der Waals surface area (Å²) < 4.78 is 34.6. The number of rotatable bonds is 6. The summed E-state index contributed by atoms with van der Waals surface area (Å²) in [4.78, 5) is 21.1. The average Bonchev–Trinajstić information content (AvgIpc) is 3.19. The SMILES string of the molecule is CN(Cc1ccccc1)c1ncnc2c1[C@@H]1OC[C@H](CN2)N1S(=O)(=O)c1ccc([N+](=O)[O-])cc1. The number of aromatic nitrogens is 2. The molecule has 1 N–H and O–H groups in total. The van der Waals surface area contributed by atoms with Crippen LogP contribution < -0.4 is 10.2 Å². The van der Waals surface area contributed by atoms with Gasteiger partial charge in [0.25, 0.3) is 5.69 Å². The minimum Gasteiger partial charge on any atom is -0.368 e. The van der Waals surface area contributed by atoms with Gasteiger partial charge in [-0.15, -0.1) is 0 Å². The van der Waals surface area contributed by atoms with E-state index in [0.29, 0.717) is 30.3 Å². The second kappa shape index (κ2) is 8.63. The second-order valence-corrected chi connectivity index (χ2v) is 9.95. The number of nitro groups is 1. The van der Waals surface area contributed by atoms with Crippen LogP contribution in [0.15, 0.2) is 65.8 Å². The zero-order chi connectivity index (χ0) is 23.9. The van der Waals surface area contributed by atoms with Crippen molar-refractivity contribution < 1.29 is 18.1 Å². The Morgan fingerprint density at radius 1 is 1.18 bits per heavy atom. The van der Waals surface area contributed by atoms with Gasteiger partial charge in [-0.3, -0.25) is 10.1 Å². The van der Waals surface area contributed by atoms with E-state index in [-0.39, 0.29) is 17.2 Å². The summed E-state index contributed by atoms with van der Waals surface area (Å²) in [5.41, 5.74) is 1.42. The fourth-order valence-corrected chi connectivity index (χ4v) is 5.96. The summed E-state index contributed by atoms with van der Waals surface area (Å²) in [6.07, 6.45) is 0.501. The quantitative estimate of drug-likeness (QED) is 0.416. The normalized spacial score (nSPS) is 19.7. The number of sulfonamides is 1. The highest BCUT2D eigenvalue weighted by Crippen LogP contribution is 2.44. The molecule has 0 amide bonds. The van der Waals surface area contributed by atoms with E-state index in [2.05, 4.69) is 15.3 Å². The van der Waals surface area contributed by atoms with E-state index < -0.39 is 27.2 Å². The number of hydrogen-bond acceptors (Lipinski definition) is 9. The highest BCUT2D eigenvalue weighted by molar-refractivity contribution is 7.89. The number of non-ortho nitro benzene ring substituents is 1. The van der Waals surface area contributed by atoms with Crippen LogP contribution in [0.5, 0.6) is 0 Å². The summed E-state index contributed by atoms with van der Waals surface area (Å²) in [7, 11) is -2.16. The predicted octanol–water partition coefficient (Wildman–Crippen LogP) is 2.54. The van der Waals surface area contributed by atoms with E-state index in [1.165, 1.54) is 34.9 Å². The number of ether oxygens (including phenoxy) is 1. The van der Waals surface area contributed by atoms with Gasteiger partial charge in [-0.1, -0.05) is 30.3 Å². The molecule has 0 radical (unpaired) electrons. The van der Waals surface area contributed by atoms with Crippen LogP contribution in [0.25, 0.3) is 0 Å². The van der Waals surface area contributed by atoms with Gasteiger partial charge >= 0.3 is 0 Å². The van der Waals surface area contributed by atoms with Crippen molar-refractivity contribution in [3.8, 4) is 0 Å². The van der Waals surface area contributed by atoms with E-state index in [1.807, 2.05) is 42.3 Å². The van der Waals surface area contributed by atoms with E-state index in [0.717, 1.165) is 5.56 Å². The number of nitro benzene ring substituents is 1. The molecule has 2 aliphatic rings. The third-order valence-electron chi connectivity index (χ3n) is 5.90. The average molecular weight is 483 g/mol. The molecule has 0 aliphatic carbocycles. The Hall–Kier alpha value is -3.61. The van der Waals surface area contributed by atoms with Crippen molar-refractivity contribution >= 4 is 27.3 Å². The fraction of sp³-hybridized carbons (Fsp3) is 0.273. The first kappa shape index (κ1) is 22.2. The molecule has 176 valence electrons. The number of benzene rings is 2. The first-order valence-electron chi connectivity index (χ1n) is 10.6. The van der Waals surface area contributed by atoms with Crippen molar-refractivity contribution in [2.24, 2.45) is 0 Å². The fourth-order valence-electron chi connectivity index (χ4n) is 4.29. The van der Waals surface area contributed by atoms with Gasteiger partial charge in [-0.25, -0.2) is 18.4 Å². The van der Waals surface area contributed by atoms with Crippen LogP contribution in [0.4, 0.5) is 17.3 Å². The van der Waals surface area contributed by atoms with E-state index in [1.54, 1.807) is 0 Å². The molecule has 2 atom stereocenters. The highest BCUT2D eigenvalue weighted by atomic mass is 32.2. The lowest BCUT2D eigenvalue weighted by Crippen LogP contribution is -2.40. The molecule has 12 heteroatoms. The number of nitrogens with zero attached hydrogens (tertiary/aromatic N) is 5. The van der Waals surface area contributed by atoms with Gasteiger partial charge in [0.1, 0.15) is 18.0 Å². The van der Waals surface area contributed by atoms with Crippen LogP contribution in [0, 0.1) is 10.1 Å². The van der Waals surface area contributed by atoms with Crippen molar-refractivity contribution in [3.05, 3.63) is 82.2 Å². The van der Waals surface area contributed by atoms with Gasteiger partial charge in [-0.05, 0) is 17.7 Å². The number of nitrogens with one attached hydrogen (secondary N) is 1. The van der Waals surface area contributed by atoms with E-state index in [4.69, 9.17) is 4.74 Å². The molecule has 2 aromatic carbocycles. The number of anilines is 2. The lowest BCUT2D eigenvalue weighted by atomic mass is 10.2. The first-order valence-corrected chi connectivity index (χ1v) is 12.0. The monoisotopic (exact) mass is 482 g/mol. The molecule has 2 aliphatic heterocycles. The van der Waals surface area contributed by atoms with Gasteiger partial charge < -0.3 is 15.0 Å². The van der Waals surface area contributed by atoms with Crippen LogP contribution in [0.1, 0.15) is 17.4 Å². The minimum absolute atomic E-state index is 0.0434.